The minimum absolute atomic E-state index is 0.0626. The topological polar surface area (TPSA) is 26.0 Å². The maximum absolute atomic E-state index is 6.47. The van der Waals surface area contributed by atoms with Crippen LogP contribution in [0.25, 0.3) is 0 Å². The fourth-order valence-corrected chi connectivity index (χ4v) is 2.94. The molecule has 0 aromatic heterocycles. The van der Waals surface area contributed by atoms with Gasteiger partial charge in [0, 0.05) is 4.47 Å². The van der Waals surface area contributed by atoms with Crippen LogP contribution < -0.4 is 5.73 Å². The van der Waals surface area contributed by atoms with Gasteiger partial charge in [-0.3, -0.25) is 0 Å². The molecule has 1 atom stereocenters. The fraction of sp³-hybridized carbons (Fsp3) is 0.294. The summed E-state index contributed by atoms with van der Waals surface area (Å²) in [6.45, 7) is 8.45. The predicted octanol–water partition coefficient (Wildman–Crippen LogP) is 4.73. The van der Waals surface area contributed by atoms with Crippen molar-refractivity contribution in [3.05, 3.63) is 68.2 Å². The second-order valence-electron chi connectivity index (χ2n) is 5.30. The van der Waals surface area contributed by atoms with Crippen molar-refractivity contribution < 1.29 is 0 Å². The average Bonchev–Trinajstić information content (AvgIpc) is 2.33. The molecule has 0 bridgehead atoms. The van der Waals surface area contributed by atoms with Crippen LogP contribution in [0.1, 0.15) is 39.4 Å². The van der Waals surface area contributed by atoms with Gasteiger partial charge in [-0.15, -0.1) is 0 Å². The Hall–Kier alpha value is -1.12. The van der Waals surface area contributed by atoms with Crippen LogP contribution in [0.5, 0.6) is 0 Å². The molecule has 2 aromatic carbocycles. The largest absolute Gasteiger partial charge is 0.320 e. The number of hydrogen-bond acceptors (Lipinski definition) is 1. The second kappa shape index (κ2) is 5.48. The molecular formula is C17H20BrN. The van der Waals surface area contributed by atoms with Gasteiger partial charge < -0.3 is 5.73 Å². The van der Waals surface area contributed by atoms with Crippen molar-refractivity contribution in [1.29, 1.82) is 0 Å². The predicted molar refractivity (Wildman–Crippen MR) is 85.6 cm³/mol. The highest BCUT2D eigenvalue weighted by Gasteiger charge is 2.14. The van der Waals surface area contributed by atoms with Crippen LogP contribution in [0.2, 0.25) is 0 Å². The highest BCUT2D eigenvalue weighted by atomic mass is 79.9. The summed E-state index contributed by atoms with van der Waals surface area (Å²) >= 11 is 3.57. The zero-order valence-corrected chi connectivity index (χ0v) is 13.5. The molecule has 2 heteroatoms. The minimum Gasteiger partial charge on any atom is -0.320 e. The fourth-order valence-electron chi connectivity index (χ4n) is 2.48. The molecule has 0 aliphatic rings. The Balaban J connectivity index is 2.49. The number of aryl methyl sites for hydroxylation is 4. The van der Waals surface area contributed by atoms with Crippen molar-refractivity contribution in [1.82, 2.24) is 0 Å². The van der Waals surface area contributed by atoms with Crippen molar-refractivity contribution in [3.63, 3.8) is 0 Å². The van der Waals surface area contributed by atoms with E-state index < -0.39 is 0 Å². The van der Waals surface area contributed by atoms with E-state index in [0.717, 1.165) is 4.47 Å². The Bertz CT molecular complexity index is 617. The zero-order chi connectivity index (χ0) is 14.2. The molecule has 0 fully saturated rings. The maximum atomic E-state index is 6.47. The van der Waals surface area contributed by atoms with E-state index >= 15 is 0 Å². The van der Waals surface area contributed by atoms with Crippen LogP contribution >= 0.6 is 15.9 Å². The molecule has 0 radical (unpaired) electrons. The molecule has 2 aromatic rings. The molecule has 1 unspecified atom stereocenters. The smallest absolute Gasteiger partial charge is 0.0556 e. The summed E-state index contributed by atoms with van der Waals surface area (Å²) in [4.78, 5) is 0. The lowest BCUT2D eigenvalue weighted by atomic mass is 9.91. The van der Waals surface area contributed by atoms with Gasteiger partial charge in [0.15, 0.2) is 0 Å². The van der Waals surface area contributed by atoms with Gasteiger partial charge in [0.05, 0.1) is 6.04 Å². The first-order valence-electron chi connectivity index (χ1n) is 6.49. The lowest BCUT2D eigenvalue weighted by Crippen LogP contribution is -2.15. The number of rotatable bonds is 2. The van der Waals surface area contributed by atoms with E-state index in [0.29, 0.717) is 0 Å². The van der Waals surface area contributed by atoms with Gasteiger partial charge in [0.2, 0.25) is 0 Å². The van der Waals surface area contributed by atoms with Crippen molar-refractivity contribution in [2.24, 2.45) is 5.73 Å². The summed E-state index contributed by atoms with van der Waals surface area (Å²) in [7, 11) is 0. The molecule has 0 spiro atoms. The lowest BCUT2D eigenvalue weighted by molar-refractivity contribution is 0.849. The van der Waals surface area contributed by atoms with E-state index in [1.165, 1.54) is 33.4 Å². The highest BCUT2D eigenvalue weighted by molar-refractivity contribution is 9.10. The number of hydrogen-bond donors (Lipinski definition) is 1. The zero-order valence-electron chi connectivity index (χ0n) is 11.9. The standard InChI is InChI=1S/C17H20BrN/c1-10-5-6-14(11(2)7-10)17(19)15-8-13(4)16(18)9-12(15)3/h5-9,17H,19H2,1-4H3. The van der Waals surface area contributed by atoms with Crippen molar-refractivity contribution >= 4 is 15.9 Å². The van der Waals surface area contributed by atoms with Crippen LogP contribution in [0.4, 0.5) is 0 Å². The monoisotopic (exact) mass is 317 g/mol. The Morgan fingerprint density at radius 3 is 2.11 bits per heavy atom. The summed E-state index contributed by atoms with van der Waals surface area (Å²) in [5.41, 5.74) is 13.9. The SMILES string of the molecule is Cc1ccc(C(N)c2cc(C)c(Br)cc2C)c(C)c1. The van der Waals surface area contributed by atoms with Gasteiger partial charge in [0.25, 0.3) is 0 Å². The molecule has 0 aliphatic carbocycles. The molecule has 0 aliphatic heterocycles. The maximum Gasteiger partial charge on any atom is 0.0556 e. The number of benzene rings is 2. The first-order valence-corrected chi connectivity index (χ1v) is 7.29. The summed E-state index contributed by atoms with van der Waals surface area (Å²) < 4.78 is 1.14. The number of nitrogens with two attached hydrogens (primary N) is 1. The lowest BCUT2D eigenvalue weighted by Gasteiger charge is -2.19. The Morgan fingerprint density at radius 1 is 0.842 bits per heavy atom. The van der Waals surface area contributed by atoms with Crippen LogP contribution in [0.15, 0.2) is 34.8 Å². The van der Waals surface area contributed by atoms with E-state index in [1.54, 1.807) is 0 Å². The normalized spacial score (nSPS) is 12.5. The van der Waals surface area contributed by atoms with E-state index in [4.69, 9.17) is 5.73 Å². The van der Waals surface area contributed by atoms with Crippen molar-refractivity contribution in [3.8, 4) is 0 Å². The third kappa shape index (κ3) is 2.90. The summed E-state index contributed by atoms with van der Waals surface area (Å²) in [6, 6.07) is 10.7. The highest BCUT2D eigenvalue weighted by Crippen LogP contribution is 2.29. The Morgan fingerprint density at radius 2 is 1.47 bits per heavy atom. The van der Waals surface area contributed by atoms with Crippen molar-refractivity contribution in [2.45, 2.75) is 33.7 Å². The van der Waals surface area contributed by atoms with Crippen molar-refractivity contribution in [2.75, 3.05) is 0 Å². The van der Waals surface area contributed by atoms with Gasteiger partial charge in [-0.1, -0.05) is 45.8 Å². The summed E-state index contributed by atoms with van der Waals surface area (Å²) in [5.74, 6) is 0. The van der Waals surface area contributed by atoms with Crippen LogP contribution in [0.3, 0.4) is 0 Å². The molecular weight excluding hydrogens is 298 g/mol. The van der Waals surface area contributed by atoms with Gasteiger partial charge in [-0.2, -0.15) is 0 Å². The van der Waals surface area contributed by atoms with Crippen LogP contribution in [-0.2, 0) is 0 Å². The third-order valence-electron chi connectivity index (χ3n) is 3.64. The van der Waals surface area contributed by atoms with Crippen LogP contribution in [-0.4, -0.2) is 0 Å². The van der Waals surface area contributed by atoms with Gasteiger partial charge in [0.1, 0.15) is 0 Å². The molecule has 1 nitrogen and oxygen atoms in total. The molecule has 0 amide bonds. The second-order valence-corrected chi connectivity index (χ2v) is 6.15. The quantitative estimate of drug-likeness (QED) is 0.851. The summed E-state index contributed by atoms with van der Waals surface area (Å²) in [5, 5.41) is 0. The van der Waals surface area contributed by atoms with E-state index in [2.05, 4.69) is 74.0 Å². The minimum atomic E-state index is -0.0626. The first-order chi connectivity index (χ1) is 8.90. The van der Waals surface area contributed by atoms with E-state index in [9.17, 15) is 0 Å². The molecule has 2 N–H and O–H groups in total. The van der Waals surface area contributed by atoms with Gasteiger partial charge in [-0.25, -0.2) is 0 Å². The molecule has 19 heavy (non-hydrogen) atoms. The molecule has 0 saturated carbocycles. The van der Waals surface area contributed by atoms with E-state index in [1.807, 2.05) is 0 Å². The third-order valence-corrected chi connectivity index (χ3v) is 4.50. The Kier molecular flexibility index (Phi) is 4.12. The molecule has 0 saturated heterocycles. The summed E-state index contributed by atoms with van der Waals surface area (Å²) in [6.07, 6.45) is 0. The Labute approximate surface area is 124 Å². The van der Waals surface area contributed by atoms with E-state index in [-0.39, 0.29) is 6.04 Å². The van der Waals surface area contributed by atoms with Gasteiger partial charge >= 0.3 is 0 Å². The van der Waals surface area contributed by atoms with Gasteiger partial charge in [-0.05, 0) is 61.6 Å². The average molecular weight is 318 g/mol. The van der Waals surface area contributed by atoms with Crippen LogP contribution in [0, 0.1) is 27.7 Å². The molecule has 0 heterocycles. The first kappa shape index (κ1) is 14.3. The molecule has 2 rings (SSSR count). The molecule has 100 valence electrons. The number of halogens is 1.